The summed E-state index contributed by atoms with van der Waals surface area (Å²) in [6, 6.07) is 15.2. The van der Waals surface area contributed by atoms with Gasteiger partial charge in [-0.2, -0.15) is 0 Å². The number of aryl methyl sites for hydroxylation is 1. The highest BCUT2D eigenvalue weighted by Crippen LogP contribution is 2.23. The van der Waals surface area contributed by atoms with Crippen LogP contribution in [0.3, 0.4) is 0 Å². The Morgan fingerprint density at radius 1 is 0.970 bits per heavy atom. The van der Waals surface area contributed by atoms with Crippen molar-refractivity contribution in [3.05, 3.63) is 76.9 Å². The first-order valence-electron chi connectivity index (χ1n) is 10.5. The van der Waals surface area contributed by atoms with Gasteiger partial charge in [0.25, 0.3) is 5.91 Å². The van der Waals surface area contributed by atoms with Crippen LogP contribution < -0.4 is 5.32 Å². The number of nitrogens with zero attached hydrogens (tertiary/aromatic N) is 2. The molecule has 2 aromatic carbocycles. The number of esters is 1. The lowest BCUT2D eigenvalue weighted by Gasteiger charge is -2.10. The van der Waals surface area contributed by atoms with Crippen LogP contribution in [0.1, 0.15) is 51.8 Å². The average molecular weight is 447 g/mol. The number of ketones is 1. The van der Waals surface area contributed by atoms with Crippen LogP contribution in [-0.4, -0.2) is 45.9 Å². The zero-order valence-corrected chi connectivity index (χ0v) is 18.7. The summed E-state index contributed by atoms with van der Waals surface area (Å²) in [7, 11) is 0. The maximum absolute atomic E-state index is 12.4. The molecule has 0 atom stereocenters. The van der Waals surface area contributed by atoms with Crippen molar-refractivity contribution in [1.29, 1.82) is 0 Å². The number of Topliss-reactive ketones (excluding diaryl/α,β-unsaturated/α-hetero) is 1. The van der Waals surface area contributed by atoms with Gasteiger partial charge in [0.05, 0.1) is 12.3 Å². The van der Waals surface area contributed by atoms with Crippen LogP contribution in [-0.2, 0) is 16.0 Å². The van der Waals surface area contributed by atoms with Crippen LogP contribution in [0, 0.1) is 6.92 Å². The minimum atomic E-state index is -0.684. The fourth-order valence-electron chi connectivity index (χ4n) is 3.21. The minimum Gasteiger partial charge on any atom is -0.504 e. The molecule has 170 valence electrons. The van der Waals surface area contributed by atoms with Gasteiger partial charge in [0.2, 0.25) is 0 Å². The molecule has 0 saturated heterocycles. The van der Waals surface area contributed by atoms with E-state index in [9.17, 15) is 19.5 Å². The second kappa shape index (κ2) is 10.5. The highest BCUT2D eigenvalue weighted by molar-refractivity contribution is 5.96. The molecule has 0 spiro atoms. The summed E-state index contributed by atoms with van der Waals surface area (Å²) < 4.78 is 4.78. The molecule has 0 radical (unpaired) electrons. The van der Waals surface area contributed by atoms with Crippen LogP contribution in [0.2, 0.25) is 0 Å². The topological polar surface area (TPSA) is 118 Å². The normalized spacial score (nSPS) is 10.5. The number of aromatic hydroxyl groups is 1. The van der Waals surface area contributed by atoms with E-state index < -0.39 is 11.9 Å². The number of hydrogen-bond acceptors (Lipinski definition) is 7. The molecule has 0 unspecified atom stereocenters. The van der Waals surface area contributed by atoms with Gasteiger partial charge in [0.15, 0.2) is 17.2 Å². The first-order chi connectivity index (χ1) is 15.8. The van der Waals surface area contributed by atoms with Gasteiger partial charge >= 0.3 is 5.97 Å². The van der Waals surface area contributed by atoms with Crippen LogP contribution in [0.25, 0.3) is 11.1 Å². The fourth-order valence-corrected chi connectivity index (χ4v) is 3.21. The number of rotatable bonds is 8. The smallest absolute Gasteiger partial charge is 0.325 e. The van der Waals surface area contributed by atoms with Crippen LogP contribution in [0.15, 0.2) is 48.5 Å². The van der Waals surface area contributed by atoms with E-state index in [-0.39, 0.29) is 36.1 Å². The number of carbonyl (C=O) groups excluding carboxylic acids is 3. The van der Waals surface area contributed by atoms with Crippen molar-refractivity contribution in [2.45, 2.75) is 27.2 Å². The molecule has 1 aromatic heterocycles. The highest BCUT2D eigenvalue weighted by Gasteiger charge is 2.19. The van der Waals surface area contributed by atoms with Crippen molar-refractivity contribution in [3.63, 3.8) is 0 Å². The lowest BCUT2D eigenvalue weighted by Crippen LogP contribution is -2.31. The lowest BCUT2D eigenvalue weighted by atomic mass is 10.0. The van der Waals surface area contributed by atoms with Crippen molar-refractivity contribution in [3.8, 4) is 16.9 Å². The molecule has 1 amide bonds. The van der Waals surface area contributed by atoms with Crippen molar-refractivity contribution >= 4 is 17.7 Å². The quantitative estimate of drug-likeness (QED) is 0.402. The number of ether oxygens (including phenoxy) is 1. The van der Waals surface area contributed by atoms with Crippen LogP contribution in [0.4, 0.5) is 0 Å². The molecule has 3 aromatic rings. The van der Waals surface area contributed by atoms with E-state index in [1.807, 2.05) is 36.4 Å². The van der Waals surface area contributed by atoms with Gasteiger partial charge in [-0.25, -0.2) is 9.97 Å². The van der Waals surface area contributed by atoms with Gasteiger partial charge in [0.1, 0.15) is 12.4 Å². The summed E-state index contributed by atoms with van der Waals surface area (Å²) >= 11 is 0. The number of carbonyl (C=O) groups is 3. The maximum atomic E-state index is 12.4. The molecule has 0 aliphatic heterocycles. The third-order valence-electron chi connectivity index (χ3n) is 4.96. The molecule has 1 heterocycles. The number of hydrogen-bond donors (Lipinski definition) is 2. The molecule has 0 fully saturated rings. The molecular weight excluding hydrogens is 422 g/mol. The zero-order valence-electron chi connectivity index (χ0n) is 18.7. The molecule has 3 rings (SSSR count). The predicted octanol–water partition coefficient (Wildman–Crippen LogP) is 3.24. The van der Waals surface area contributed by atoms with Crippen molar-refractivity contribution in [2.75, 3.05) is 13.2 Å². The minimum absolute atomic E-state index is 0.0232. The summed E-state index contributed by atoms with van der Waals surface area (Å²) in [5, 5.41) is 12.6. The molecule has 0 aliphatic carbocycles. The van der Waals surface area contributed by atoms with E-state index in [1.54, 1.807) is 26.0 Å². The molecule has 0 bridgehead atoms. The Morgan fingerprint density at radius 3 is 2.15 bits per heavy atom. The van der Waals surface area contributed by atoms with Gasteiger partial charge in [-0.15, -0.1) is 0 Å². The summed E-state index contributed by atoms with van der Waals surface area (Å²) in [5.74, 6) is -1.20. The van der Waals surface area contributed by atoms with Crippen LogP contribution in [0.5, 0.6) is 5.75 Å². The Bertz CT molecular complexity index is 1170. The monoisotopic (exact) mass is 447 g/mol. The number of amides is 1. The fraction of sp³-hybridized carbons (Fsp3) is 0.240. The van der Waals surface area contributed by atoms with Gasteiger partial charge in [-0.1, -0.05) is 48.5 Å². The van der Waals surface area contributed by atoms with Gasteiger partial charge in [-0.05, 0) is 37.5 Å². The van der Waals surface area contributed by atoms with Crippen LogP contribution >= 0.6 is 0 Å². The molecule has 8 heteroatoms. The molecule has 33 heavy (non-hydrogen) atoms. The maximum Gasteiger partial charge on any atom is 0.325 e. The first kappa shape index (κ1) is 23.6. The zero-order chi connectivity index (χ0) is 24.0. The summed E-state index contributed by atoms with van der Waals surface area (Å²) in [4.78, 5) is 43.8. The lowest BCUT2D eigenvalue weighted by molar-refractivity contribution is -0.141. The number of nitrogens with one attached hydrogen (secondary N) is 1. The predicted molar refractivity (Wildman–Crippen MR) is 122 cm³/mol. The Kier molecular flexibility index (Phi) is 7.50. The van der Waals surface area contributed by atoms with E-state index in [1.165, 1.54) is 6.92 Å². The highest BCUT2D eigenvalue weighted by atomic mass is 16.5. The van der Waals surface area contributed by atoms with E-state index in [0.29, 0.717) is 17.8 Å². The second-order valence-corrected chi connectivity index (χ2v) is 7.42. The van der Waals surface area contributed by atoms with Gasteiger partial charge in [-0.3, -0.25) is 14.4 Å². The largest absolute Gasteiger partial charge is 0.504 e. The second-order valence-electron chi connectivity index (χ2n) is 7.42. The molecule has 0 aliphatic rings. The van der Waals surface area contributed by atoms with Gasteiger partial charge in [0, 0.05) is 12.0 Å². The SMILES string of the molecule is CCOC(=O)CNC(=O)c1nc(Cc2ccc(-c3ccc(C(C)=O)cc3)cc2)nc(C)c1O. The summed E-state index contributed by atoms with van der Waals surface area (Å²) in [5.41, 5.74) is 3.64. The third-order valence-corrected chi connectivity index (χ3v) is 4.96. The Hall–Kier alpha value is -4.07. The Labute approximate surface area is 191 Å². The van der Waals surface area contributed by atoms with Crippen molar-refractivity contribution in [1.82, 2.24) is 15.3 Å². The van der Waals surface area contributed by atoms with E-state index >= 15 is 0 Å². The summed E-state index contributed by atoms with van der Waals surface area (Å²) in [6.07, 6.45) is 0.350. The molecule has 0 saturated carbocycles. The number of aromatic nitrogens is 2. The standard InChI is InChI=1S/C25H25N3O5/c1-4-33-22(30)14-26-25(32)23-24(31)15(2)27-21(28-23)13-17-5-7-19(8-6-17)20-11-9-18(10-12-20)16(3)29/h5-12,31H,4,13-14H2,1-3H3,(H,26,32). The van der Waals surface area contributed by atoms with Crippen molar-refractivity contribution in [2.24, 2.45) is 0 Å². The first-order valence-corrected chi connectivity index (χ1v) is 10.5. The third kappa shape index (κ3) is 6.00. The Balaban J connectivity index is 1.74. The van der Waals surface area contributed by atoms with E-state index in [4.69, 9.17) is 4.74 Å². The summed E-state index contributed by atoms with van der Waals surface area (Å²) in [6.45, 7) is 4.67. The van der Waals surface area contributed by atoms with Crippen molar-refractivity contribution < 1.29 is 24.2 Å². The Morgan fingerprint density at radius 2 is 1.58 bits per heavy atom. The van der Waals surface area contributed by atoms with E-state index in [0.717, 1.165) is 16.7 Å². The average Bonchev–Trinajstić information content (AvgIpc) is 2.80. The molecule has 2 N–H and O–H groups in total. The van der Waals surface area contributed by atoms with Gasteiger partial charge < -0.3 is 15.2 Å². The molecular formula is C25H25N3O5. The number of benzene rings is 2. The molecule has 8 nitrogen and oxygen atoms in total. The van der Waals surface area contributed by atoms with E-state index in [2.05, 4.69) is 15.3 Å².